The molecule has 0 saturated carbocycles. The molecule has 15 heteroatoms. The van der Waals surface area contributed by atoms with Crippen LogP contribution in [0.4, 0.5) is 0 Å². The summed E-state index contributed by atoms with van der Waals surface area (Å²) in [5.41, 5.74) is 0. The molecule has 0 saturated heterocycles. The maximum absolute atomic E-state index is 10.1. The van der Waals surface area contributed by atoms with E-state index in [0.717, 1.165) is 77.0 Å². The van der Waals surface area contributed by atoms with Crippen molar-refractivity contribution in [1.29, 1.82) is 0 Å². The van der Waals surface area contributed by atoms with Gasteiger partial charge in [-0.2, -0.15) is 0 Å². The van der Waals surface area contributed by atoms with E-state index in [9.17, 15) is 28.8 Å². The van der Waals surface area contributed by atoms with Gasteiger partial charge in [0.25, 0.3) is 0 Å². The Kier molecular flexibility index (Phi) is 90.9. The van der Waals surface area contributed by atoms with E-state index in [1.165, 1.54) is 154 Å². The zero-order chi connectivity index (χ0) is 56.2. The highest BCUT2D eigenvalue weighted by atomic mass is 16.4. The molecule has 0 aromatic carbocycles. The molecule has 434 valence electrons. The molecule has 0 bridgehead atoms. The molecular formula is C57H116O15. The van der Waals surface area contributed by atoms with Crippen molar-refractivity contribution in [2.75, 3.05) is 13.2 Å². The van der Waals surface area contributed by atoms with Gasteiger partial charge in [0.05, 0.1) is 13.2 Å². The van der Waals surface area contributed by atoms with Crippen LogP contribution in [0.25, 0.3) is 0 Å². The molecule has 0 spiro atoms. The van der Waals surface area contributed by atoms with Crippen LogP contribution in [0.2, 0.25) is 0 Å². The van der Waals surface area contributed by atoms with Gasteiger partial charge < -0.3 is 46.0 Å². The first-order valence-electron chi connectivity index (χ1n) is 28.6. The number of aliphatic hydroxyl groups is 3. The first kappa shape index (κ1) is 82.7. The van der Waals surface area contributed by atoms with Crippen LogP contribution in [0.3, 0.4) is 0 Å². The van der Waals surface area contributed by atoms with Gasteiger partial charge in [0, 0.05) is 38.5 Å². The molecule has 9 N–H and O–H groups in total. The predicted molar refractivity (Wildman–Crippen MR) is 294 cm³/mol. The standard InChI is InChI=1S/3C10H20O2.3C8H16O2.C3H8O3/c3*1-2-3-4-5-6-7-8-9-10(11)12;3*1-2-3-4-5-6-7-8(9)10;4-1-3(6)2-5/h3*2-9H2,1H3,(H,11,12);3*2-7H2,1H3,(H,9,10);3-6H,1-2H2. The summed E-state index contributed by atoms with van der Waals surface area (Å²) in [7, 11) is 0. The number of carboxylic acid groups (broad SMARTS) is 6. The molecule has 72 heavy (non-hydrogen) atoms. The molecule has 0 aliphatic rings. The van der Waals surface area contributed by atoms with E-state index in [-0.39, 0.29) is 13.2 Å². The monoisotopic (exact) mass is 1040 g/mol. The normalized spacial score (nSPS) is 9.92. The zero-order valence-electron chi connectivity index (χ0n) is 47.2. The number of hydrogen-bond acceptors (Lipinski definition) is 9. The smallest absolute Gasteiger partial charge is 0.303 e. The molecule has 0 heterocycles. The van der Waals surface area contributed by atoms with Crippen molar-refractivity contribution in [3.63, 3.8) is 0 Å². The molecule has 0 amide bonds. The molecule has 0 unspecified atom stereocenters. The fourth-order valence-corrected chi connectivity index (χ4v) is 6.40. The molecule has 0 radical (unpaired) electrons. The van der Waals surface area contributed by atoms with Gasteiger partial charge in [-0.25, -0.2) is 0 Å². The molecule has 15 nitrogen and oxygen atoms in total. The molecule has 0 rings (SSSR count). The second-order valence-electron chi connectivity index (χ2n) is 18.5. The fraction of sp³-hybridized carbons (Fsp3) is 0.895. The third-order valence-corrected chi connectivity index (χ3v) is 10.9. The largest absolute Gasteiger partial charge is 0.481 e. The lowest BCUT2D eigenvalue weighted by Crippen LogP contribution is -2.15. The van der Waals surface area contributed by atoms with E-state index < -0.39 is 41.9 Å². The summed E-state index contributed by atoms with van der Waals surface area (Å²) in [5.74, 6) is -4.00. The molecule has 0 aliphatic carbocycles. The Bertz CT molecular complexity index is 960. The highest BCUT2D eigenvalue weighted by Gasteiger charge is 2.00. The Morgan fingerprint density at radius 3 is 0.431 bits per heavy atom. The summed E-state index contributed by atoms with van der Waals surface area (Å²) in [6.45, 7) is 12.3. The Labute approximate surface area is 439 Å². The lowest BCUT2D eigenvalue weighted by atomic mass is 10.1. The van der Waals surface area contributed by atoms with Crippen molar-refractivity contribution in [2.45, 2.75) is 317 Å². The minimum absolute atomic E-state index is 0.337. The molecule has 0 aromatic rings. The summed E-state index contributed by atoms with van der Waals surface area (Å²) < 4.78 is 0. The number of carboxylic acids is 6. The summed E-state index contributed by atoms with van der Waals surface area (Å²) in [4.78, 5) is 60.5. The van der Waals surface area contributed by atoms with Crippen LogP contribution in [-0.4, -0.2) is 101 Å². The topological polar surface area (TPSA) is 284 Å². The maximum atomic E-state index is 10.1. The number of hydrogen-bond donors (Lipinski definition) is 9. The van der Waals surface area contributed by atoms with E-state index in [4.69, 9.17) is 46.0 Å². The Balaban J connectivity index is -0.000000138. The van der Waals surface area contributed by atoms with Crippen LogP contribution in [-0.2, 0) is 28.8 Å². The minimum atomic E-state index is -0.954. The highest BCUT2D eigenvalue weighted by Crippen LogP contribution is 2.11. The van der Waals surface area contributed by atoms with Gasteiger partial charge in [-0.15, -0.1) is 0 Å². The number of aliphatic hydroxyl groups excluding tert-OH is 3. The van der Waals surface area contributed by atoms with Crippen molar-refractivity contribution in [3.05, 3.63) is 0 Å². The highest BCUT2D eigenvalue weighted by molar-refractivity contribution is 5.68. The first-order valence-corrected chi connectivity index (χ1v) is 28.6. The molecular weight excluding hydrogens is 925 g/mol. The average molecular weight is 1040 g/mol. The average Bonchev–Trinajstić information content (AvgIpc) is 3.33. The Hall–Kier alpha value is -3.30. The van der Waals surface area contributed by atoms with E-state index in [2.05, 4.69) is 41.5 Å². The van der Waals surface area contributed by atoms with Gasteiger partial charge in [-0.1, -0.05) is 234 Å². The molecule has 0 fully saturated rings. The summed E-state index contributed by atoms with van der Waals surface area (Å²) in [5, 5.41) is 73.9. The van der Waals surface area contributed by atoms with Gasteiger partial charge >= 0.3 is 35.8 Å². The van der Waals surface area contributed by atoms with Gasteiger partial charge in [0.15, 0.2) is 0 Å². The second kappa shape index (κ2) is 79.1. The number of rotatable bonds is 44. The fourth-order valence-electron chi connectivity index (χ4n) is 6.40. The zero-order valence-corrected chi connectivity index (χ0v) is 47.2. The van der Waals surface area contributed by atoms with Crippen molar-refractivity contribution in [1.82, 2.24) is 0 Å². The van der Waals surface area contributed by atoms with E-state index in [1.807, 2.05) is 0 Å². The number of carbonyl (C=O) groups is 6. The summed E-state index contributed by atoms with van der Waals surface area (Å²) in [6.07, 6.45) is 42.6. The SMILES string of the molecule is CCCCCCCC(=O)O.CCCCCCCC(=O)O.CCCCCCCC(=O)O.CCCCCCCCCC(=O)O.CCCCCCCCCC(=O)O.CCCCCCCCCC(=O)O.OCC(O)CO. The molecule has 0 aromatic heterocycles. The molecule has 0 aliphatic heterocycles. The number of aliphatic carboxylic acids is 6. The minimum Gasteiger partial charge on any atom is -0.481 e. The van der Waals surface area contributed by atoms with E-state index >= 15 is 0 Å². The third kappa shape index (κ3) is 121. The van der Waals surface area contributed by atoms with Crippen molar-refractivity contribution in [3.8, 4) is 0 Å². The van der Waals surface area contributed by atoms with Gasteiger partial charge in [0.1, 0.15) is 6.10 Å². The Morgan fingerprint density at radius 2 is 0.347 bits per heavy atom. The lowest BCUT2D eigenvalue weighted by Gasteiger charge is -1.98. The Morgan fingerprint density at radius 1 is 0.236 bits per heavy atom. The quantitative estimate of drug-likeness (QED) is 0.0257. The first-order chi connectivity index (χ1) is 34.4. The summed E-state index contributed by atoms with van der Waals surface area (Å²) in [6, 6.07) is 0. The van der Waals surface area contributed by atoms with Crippen LogP contribution in [0, 0.1) is 0 Å². The second-order valence-corrected chi connectivity index (χ2v) is 18.5. The maximum Gasteiger partial charge on any atom is 0.303 e. The molecule has 0 atom stereocenters. The number of unbranched alkanes of at least 4 members (excludes halogenated alkanes) is 30. The van der Waals surface area contributed by atoms with Gasteiger partial charge in [-0.05, 0) is 38.5 Å². The van der Waals surface area contributed by atoms with Crippen LogP contribution in [0.15, 0.2) is 0 Å². The van der Waals surface area contributed by atoms with Crippen molar-refractivity contribution < 1.29 is 74.7 Å². The van der Waals surface area contributed by atoms with E-state index in [1.54, 1.807) is 0 Å². The predicted octanol–water partition coefficient (Wildman–Crippen LogP) is 15.3. The third-order valence-electron chi connectivity index (χ3n) is 10.9. The summed E-state index contributed by atoms with van der Waals surface area (Å²) >= 11 is 0. The van der Waals surface area contributed by atoms with Crippen LogP contribution in [0.5, 0.6) is 0 Å². The van der Waals surface area contributed by atoms with Crippen LogP contribution < -0.4 is 0 Å². The van der Waals surface area contributed by atoms with Crippen molar-refractivity contribution >= 4 is 35.8 Å². The lowest BCUT2D eigenvalue weighted by molar-refractivity contribution is -0.138. The van der Waals surface area contributed by atoms with Crippen molar-refractivity contribution in [2.24, 2.45) is 0 Å². The van der Waals surface area contributed by atoms with E-state index in [0.29, 0.717) is 38.5 Å². The van der Waals surface area contributed by atoms with Gasteiger partial charge in [-0.3, -0.25) is 28.8 Å². The van der Waals surface area contributed by atoms with Crippen LogP contribution >= 0.6 is 0 Å². The van der Waals surface area contributed by atoms with Gasteiger partial charge in [0.2, 0.25) is 0 Å². The van der Waals surface area contributed by atoms with Crippen LogP contribution in [0.1, 0.15) is 311 Å².